The molecule has 2 aliphatic carbocycles. The molecule has 2 aliphatic rings. The number of rotatable bonds is 3. The summed E-state index contributed by atoms with van der Waals surface area (Å²) < 4.78 is 0. The summed E-state index contributed by atoms with van der Waals surface area (Å²) in [4.78, 5) is 0. The van der Waals surface area contributed by atoms with Gasteiger partial charge >= 0.3 is 0 Å². The number of fused-ring (bicyclic) bond motifs is 2. The average Bonchev–Trinajstić information content (AvgIpc) is 3.25. The average molecular weight is 279 g/mol. The number of benzene rings is 2. The van der Waals surface area contributed by atoms with E-state index in [0.29, 0.717) is 6.04 Å². The first-order valence-corrected chi connectivity index (χ1v) is 8.47. The molecule has 2 saturated carbocycles. The molecule has 21 heavy (non-hydrogen) atoms. The van der Waals surface area contributed by atoms with Crippen molar-refractivity contribution in [2.75, 3.05) is 7.05 Å². The molecule has 2 fully saturated rings. The van der Waals surface area contributed by atoms with Gasteiger partial charge in [-0.15, -0.1) is 0 Å². The monoisotopic (exact) mass is 279 g/mol. The molecule has 0 spiro atoms. The molecule has 3 unspecified atom stereocenters. The molecule has 1 heteroatoms. The Morgan fingerprint density at radius 1 is 0.952 bits per heavy atom. The van der Waals surface area contributed by atoms with Crippen LogP contribution in [0.15, 0.2) is 36.4 Å². The lowest BCUT2D eigenvalue weighted by Gasteiger charge is -2.20. The summed E-state index contributed by atoms with van der Waals surface area (Å²) in [6, 6.07) is 14.1. The van der Waals surface area contributed by atoms with Crippen molar-refractivity contribution in [1.29, 1.82) is 0 Å². The highest BCUT2D eigenvalue weighted by molar-refractivity contribution is 5.89. The first-order chi connectivity index (χ1) is 10.3. The highest BCUT2D eigenvalue weighted by atomic mass is 14.9. The Kier molecular flexibility index (Phi) is 3.26. The van der Waals surface area contributed by atoms with Crippen molar-refractivity contribution in [2.24, 2.45) is 17.8 Å². The Bertz CT molecular complexity index is 648. The third kappa shape index (κ3) is 2.10. The lowest BCUT2D eigenvalue weighted by Crippen LogP contribution is -2.20. The van der Waals surface area contributed by atoms with E-state index in [1.165, 1.54) is 47.6 Å². The van der Waals surface area contributed by atoms with Gasteiger partial charge in [0, 0.05) is 6.04 Å². The second-order valence-corrected chi connectivity index (χ2v) is 6.97. The fourth-order valence-corrected chi connectivity index (χ4v) is 4.84. The topological polar surface area (TPSA) is 12.0 Å². The minimum Gasteiger partial charge on any atom is -0.313 e. The van der Waals surface area contributed by atoms with Gasteiger partial charge in [-0.05, 0) is 66.5 Å². The van der Waals surface area contributed by atoms with Crippen molar-refractivity contribution >= 4 is 10.8 Å². The van der Waals surface area contributed by atoms with E-state index in [4.69, 9.17) is 0 Å². The van der Waals surface area contributed by atoms with Gasteiger partial charge in [0.2, 0.25) is 0 Å². The first kappa shape index (κ1) is 13.3. The Labute approximate surface area is 127 Å². The van der Waals surface area contributed by atoms with E-state index < -0.39 is 0 Å². The van der Waals surface area contributed by atoms with Gasteiger partial charge in [0.15, 0.2) is 0 Å². The summed E-state index contributed by atoms with van der Waals surface area (Å²) in [6.07, 6.45) is 5.81. The molecule has 0 heterocycles. The molecule has 3 atom stereocenters. The summed E-state index contributed by atoms with van der Waals surface area (Å²) in [5.41, 5.74) is 2.90. The number of hydrogen-bond donors (Lipinski definition) is 1. The molecule has 2 aromatic carbocycles. The summed E-state index contributed by atoms with van der Waals surface area (Å²) in [5.74, 6) is 2.83. The van der Waals surface area contributed by atoms with Crippen LogP contribution < -0.4 is 5.32 Å². The van der Waals surface area contributed by atoms with E-state index in [9.17, 15) is 0 Å². The van der Waals surface area contributed by atoms with Gasteiger partial charge in [-0.25, -0.2) is 0 Å². The summed E-state index contributed by atoms with van der Waals surface area (Å²) in [6.45, 7) is 2.22. The number of aryl methyl sites for hydroxylation is 1. The van der Waals surface area contributed by atoms with E-state index in [2.05, 4.69) is 55.7 Å². The molecular formula is C20H25N. The molecular weight excluding hydrogens is 254 g/mol. The predicted octanol–water partition coefficient (Wildman–Crippen LogP) is 4.84. The van der Waals surface area contributed by atoms with Crippen molar-refractivity contribution < 1.29 is 0 Å². The van der Waals surface area contributed by atoms with Gasteiger partial charge in [-0.1, -0.05) is 49.2 Å². The Morgan fingerprint density at radius 3 is 2.29 bits per heavy atom. The third-order valence-corrected chi connectivity index (χ3v) is 5.93. The van der Waals surface area contributed by atoms with Crippen LogP contribution >= 0.6 is 0 Å². The molecule has 110 valence electrons. The molecule has 0 aliphatic heterocycles. The van der Waals surface area contributed by atoms with Gasteiger partial charge in [-0.3, -0.25) is 0 Å². The fraction of sp³-hybridized carbons (Fsp3) is 0.500. The highest BCUT2D eigenvalue weighted by Crippen LogP contribution is 2.60. The Balaban J connectivity index is 1.76. The van der Waals surface area contributed by atoms with Crippen molar-refractivity contribution in [1.82, 2.24) is 5.32 Å². The number of hydrogen-bond acceptors (Lipinski definition) is 1. The van der Waals surface area contributed by atoms with Crippen molar-refractivity contribution in [3.63, 3.8) is 0 Å². The van der Waals surface area contributed by atoms with Gasteiger partial charge < -0.3 is 5.32 Å². The zero-order valence-corrected chi connectivity index (χ0v) is 13.1. The lowest BCUT2D eigenvalue weighted by atomic mass is 9.92. The van der Waals surface area contributed by atoms with Crippen molar-refractivity contribution in [3.8, 4) is 0 Å². The lowest BCUT2D eigenvalue weighted by molar-refractivity contribution is 0.480. The molecule has 2 aromatic rings. The molecule has 0 amide bonds. The Morgan fingerprint density at radius 2 is 1.62 bits per heavy atom. The second kappa shape index (κ2) is 5.14. The zero-order valence-electron chi connectivity index (χ0n) is 13.1. The quantitative estimate of drug-likeness (QED) is 0.847. The molecule has 0 saturated heterocycles. The van der Waals surface area contributed by atoms with Crippen LogP contribution in [0.3, 0.4) is 0 Å². The summed E-state index contributed by atoms with van der Waals surface area (Å²) in [7, 11) is 2.14. The third-order valence-electron chi connectivity index (χ3n) is 5.93. The van der Waals surface area contributed by atoms with E-state index in [-0.39, 0.29) is 0 Å². The van der Waals surface area contributed by atoms with E-state index in [0.717, 1.165) is 17.8 Å². The van der Waals surface area contributed by atoms with E-state index in [1.54, 1.807) is 0 Å². The molecule has 1 N–H and O–H groups in total. The van der Waals surface area contributed by atoms with E-state index >= 15 is 0 Å². The molecule has 4 rings (SSSR count). The summed E-state index contributed by atoms with van der Waals surface area (Å²) >= 11 is 0. The normalized spacial score (nSPS) is 29.1. The standard InChI is InChI=1S/C20H25N/c1-13-11-12-18(15-8-4-3-7-14(13)15)20(21-2)19-16-9-5-6-10-17(16)19/h3-4,7-8,11-12,16-17,19-21H,5-6,9-10H2,1-2H3. The second-order valence-electron chi connectivity index (χ2n) is 6.97. The largest absolute Gasteiger partial charge is 0.313 e. The van der Waals surface area contributed by atoms with Crippen LogP contribution in [0.1, 0.15) is 42.9 Å². The zero-order chi connectivity index (χ0) is 14.4. The van der Waals surface area contributed by atoms with Crippen LogP contribution in [0.2, 0.25) is 0 Å². The van der Waals surface area contributed by atoms with Crippen LogP contribution in [0.4, 0.5) is 0 Å². The summed E-state index contributed by atoms with van der Waals surface area (Å²) in [5, 5.41) is 6.51. The van der Waals surface area contributed by atoms with Gasteiger partial charge in [-0.2, -0.15) is 0 Å². The van der Waals surface area contributed by atoms with E-state index in [1.807, 2.05) is 0 Å². The molecule has 0 bridgehead atoms. The van der Waals surface area contributed by atoms with Crippen LogP contribution in [-0.4, -0.2) is 7.05 Å². The SMILES string of the molecule is CNC(c1ccc(C)c2ccccc12)C1C2CCCCC21. The maximum Gasteiger partial charge on any atom is 0.0357 e. The highest BCUT2D eigenvalue weighted by Gasteiger charge is 2.54. The van der Waals surface area contributed by atoms with Crippen LogP contribution in [0.25, 0.3) is 10.8 Å². The van der Waals surface area contributed by atoms with Crippen LogP contribution in [-0.2, 0) is 0 Å². The van der Waals surface area contributed by atoms with Gasteiger partial charge in [0.1, 0.15) is 0 Å². The van der Waals surface area contributed by atoms with Gasteiger partial charge in [0.05, 0.1) is 0 Å². The molecule has 1 nitrogen and oxygen atoms in total. The maximum absolute atomic E-state index is 3.65. The minimum atomic E-state index is 0.531. The fourth-order valence-electron chi connectivity index (χ4n) is 4.84. The van der Waals surface area contributed by atoms with Crippen molar-refractivity contribution in [2.45, 2.75) is 38.6 Å². The first-order valence-electron chi connectivity index (χ1n) is 8.47. The van der Waals surface area contributed by atoms with Crippen molar-refractivity contribution in [3.05, 3.63) is 47.5 Å². The smallest absolute Gasteiger partial charge is 0.0357 e. The minimum absolute atomic E-state index is 0.531. The van der Waals surface area contributed by atoms with Gasteiger partial charge in [0.25, 0.3) is 0 Å². The maximum atomic E-state index is 3.65. The molecule has 0 radical (unpaired) electrons. The van der Waals surface area contributed by atoms with Crippen LogP contribution in [0.5, 0.6) is 0 Å². The Hall–Kier alpha value is -1.34. The number of nitrogens with one attached hydrogen (secondary N) is 1. The van der Waals surface area contributed by atoms with Crippen LogP contribution in [0, 0.1) is 24.7 Å². The molecule has 0 aromatic heterocycles. The predicted molar refractivity (Wildman–Crippen MR) is 89.4 cm³/mol.